The number of anilines is 1. The second-order valence-corrected chi connectivity index (χ2v) is 3.07. The van der Waals surface area contributed by atoms with Crippen LogP contribution in [0.3, 0.4) is 0 Å². The van der Waals surface area contributed by atoms with Crippen LogP contribution >= 0.6 is 11.3 Å². The van der Waals surface area contributed by atoms with E-state index in [2.05, 4.69) is 5.32 Å². The molecular weight excluding hydrogens is 162 g/mol. The fraction of sp³-hybridized carbons (Fsp3) is 0.143. The summed E-state index contributed by atoms with van der Waals surface area (Å²) in [7, 11) is 0. The molecule has 0 aliphatic carbocycles. The molecule has 1 aromatic heterocycles. The van der Waals surface area contributed by atoms with Gasteiger partial charge in [-0.1, -0.05) is 0 Å². The molecule has 0 spiro atoms. The van der Waals surface area contributed by atoms with Crippen LogP contribution in [0.25, 0.3) is 0 Å². The summed E-state index contributed by atoms with van der Waals surface area (Å²) in [4.78, 5) is 21.4. The van der Waals surface area contributed by atoms with Crippen LogP contribution in [0.5, 0.6) is 0 Å². The maximum Gasteiger partial charge on any atom is 0.212 e. The van der Waals surface area contributed by atoms with Crippen LogP contribution in [0, 0.1) is 0 Å². The SMILES string of the molecule is CC(=O)c1ccc(NC=O)s1. The van der Waals surface area contributed by atoms with Crippen molar-refractivity contribution in [1.82, 2.24) is 0 Å². The Balaban J connectivity index is 2.81. The molecule has 0 aromatic carbocycles. The van der Waals surface area contributed by atoms with E-state index in [1.807, 2.05) is 0 Å². The van der Waals surface area contributed by atoms with Gasteiger partial charge in [0.05, 0.1) is 9.88 Å². The van der Waals surface area contributed by atoms with Gasteiger partial charge in [-0.15, -0.1) is 11.3 Å². The highest BCUT2D eigenvalue weighted by atomic mass is 32.1. The van der Waals surface area contributed by atoms with E-state index in [-0.39, 0.29) is 5.78 Å². The van der Waals surface area contributed by atoms with Crippen LogP contribution in [-0.2, 0) is 4.79 Å². The molecule has 0 fully saturated rings. The summed E-state index contributed by atoms with van der Waals surface area (Å²) in [6.07, 6.45) is 0.593. The zero-order valence-electron chi connectivity index (χ0n) is 5.96. The number of hydrogen-bond acceptors (Lipinski definition) is 3. The summed E-state index contributed by atoms with van der Waals surface area (Å²) >= 11 is 1.27. The average molecular weight is 169 g/mol. The van der Waals surface area contributed by atoms with Crippen molar-refractivity contribution in [1.29, 1.82) is 0 Å². The van der Waals surface area contributed by atoms with E-state index in [1.165, 1.54) is 18.3 Å². The summed E-state index contributed by atoms with van der Waals surface area (Å²) in [5.41, 5.74) is 0. The summed E-state index contributed by atoms with van der Waals surface area (Å²) < 4.78 is 0. The Morgan fingerprint density at radius 2 is 2.36 bits per heavy atom. The molecule has 0 aliphatic heterocycles. The first kappa shape index (κ1) is 7.94. The highest BCUT2D eigenvalue weighted by Gasteiger charge is 2.02. The molecule has 0 saturated carbocycles. The number of Topliss-reactive ketones (excluding diaryl/α,β-unsaturated/α-hetero) is 1. The fourth-order valence-corrected chi connectivity index (χ4v) is 1.42. The molecule has 1 aromatic rings. The van der Waals surface area contributed by atoms with E-state index < -0.39 is 0 Å². The monoisotopic (exact) mass is 169 g/mol. The van der Waals surface area contributed by atoms with Crippen molar-refractivity contribution in [3.05, 3.63) is 17.0 Å². The quantitative estimate of drug-likeness (QED) is 0.550. The van der Waals surface area contributed by atoms with Gasteiger partial charge in [-0.2, -0.15) is 0 Å². The first-order valence-corrected chi connectivity index (χ1v) is 3.86. The molecule has 1 amide bonds. The number of rotatable bonds is 3. The van der Waals surface area contributed by atoms with Crippen LogP contribution in [0.15, 0.2) is 12.1 Å². The molecule has 0 bridgehead atoms. The Morgan fingerprint density at radius 1 is 1.64 bits per heavy atom. The first-order chi connectivity index (χ1) is 5.24. The van der Waals surface area contributed by atoms with Crippen molar-refractivity contribution in [3.63, 3.8) is 0 Å². The summed E-state index contributed by atoms with van der Waals surface area (Å²) in [6, 6.07) is 3.40. The minimum Gasteiger partial charge on any atom is -0.320 e. The Hall–Kier alpha value is -1.16. The lowest BCUT2D eigenvalue weighted by atomic mass is 10.4. The molecule has 0 atom stereocenters. The van der Waals surface area contributed by atoms with Crippen LogP contribution in [-0.4, -0.2) is 12.2 Å². The lowest BCUT2D eigenvalue weighted by Gasteiger charge is -1.87. The zero-order valence-corrected chi connectivity index (χ0v) is 6.77. The van der Waals surface area contributed by atoms with Crippen molar-refractivity contribution in [3.8, 4) is 0 Å². The number of amides is 1. The molecule has 0 radical (unpaired) electrons. The third-order valence-electron chi connectivity index (χ3n) is 1.15. The molecule has 0 aliphatic rings. The van der Waals surface area contributed by atoms with E-state index in [1.54, 1.807) is 12.1 Å². The summed E-state index contributed by atoms with van der Waals surface area (Å²) in [6.45, 7) is 1.50. The lowest BCUT2D eigenvalue weighted by molar-refractivity contribution is -0.105. The maximum atomic E-state index is 10.8. The Bertz CT molecular complexity index is 280. The topological polar surface area (TPSA) is 46.2 Å². The predicted molar refractivity (Wildman–Crippen MR) is 44.0 cm³/mol. The minimum atomic E-state index is 0.0222. The van der Waals surface area contributed by atoms with E-state index in [0.29, 0.717) is 16.3 Å². The molecule has 0 saturated heterocycles. The Labute approximate surface area is 68.0 Å². The molecule has 58 valence electrons. The number of ketones is 1. The van der Waals surface area contributed by atoms with Crippen molar-refractivity contribution < 1.29 is 9.59 Å². The van der Waals surface area contributed by atoms with Crippen LogP contribution in [0.1, 0.15) is 16.6 Å². The van der Waals surface area contributed by atoms with Gasteiger partial charge in [0.25, 0.3) is 0 Å². The molecule has 3 nitrogen and oxygen atoms in total. The molecule has 11 heavy (non-hydrogen) atoms. The van der Waals surface area contributed by atoms with Crippen LogP contribution in [0.2, 0.25) is 0 Å². The number of thiophene rings is 1. The minimum absolute atomic E-state index is 0.0222. The number of carbonyl (C=O) groups is 2. The van der Waals surface area contributed by atoms with Gasteiger partial charge >= 0.3 is 0 Å². The zero-order chi connectivity index (χ0) is 8.27. The van der Waals surface area contributed by atoms with Crippen LogP contribution in [0.4, 0.5) is 5.00 Å². The van der Waals surface area contributed by atoms with Crippen molar-refractivity contribution >= 4 is 28.5 Å². The highest BCUT2D eigenvalue weighted by Crippen LogP contribution is 2.21. The summed E-state index contributed by atoms with van der Waals surface area (Å²) in [5.74, 6) is 0.0222. The van der Waals surface area contributed by atoms with Gasteiger partial charge in [-0.3, -0.25) is 9.59 Å². The largest absolute Gasteiger partial charge is 0.320 e. The lowest BCUT2D eigenvalue weighted by Crippen LogP contribution is -1.89. The maximum absolute atomic E-state index is 10.8. The average Bonchev–Trinajstić information content (AvgIpc) is 2.37. The molecule has 1 heterocycles. The number of carbonyl (C=O) groups excluding carboxylic acids is 2. The van der Waals surface area contributed by atoms with E-state index in [9.17, 15) is 9.59 Å². The molecular formula is C7H7NO2S. The highest BCUT2D eigenvalue weighted by molar-refractivity contribution is 7.18. The standard InChI is InChI=1S/C7H7NO2S/c1-5(10)6-2-3-7(11-6)8-4-9/h2-4H,1H3,(H,8,9). The van der Waals surface area contributed by atoms with E-state index >= 15 is 0 Å². The van der Waals surface area contributed by atoms with Gasteiger partial charge in [-0.25, -0.2) is 0 Å². The second kappa shape index (κ2) is 3.30. The van der Waals surface area contributed by atoms with Gasteiger partial charge in [0.15, 0.2) is 5.78 Å². The van der Waals surface area contributed by atoms with Gasteiger partial charge in [-0.05, 0) is 19.1 Å². The normalized spacial score (nSPS) is 9.18. The second-order valence-electron chi connectivity index (χ2n) is 1.98. The predicted octanol–water partition coefficient (Wildman–Crippen LogP) is 1.52. The molecule has 0 unspecified atom stereocenters. The van der Waals surface area contributed by atoms with Crippen molar-refractivity contribution in [2.24, 2.45) is 0 Å². The molecule has 1 rings (SSSR count). The van der Waals surface area contributed by atoms with Crippen molar-refractivity contribution in [2.45, 2.75) is 6.92 Å². The van der Waals surface area contributed by atoms with Crippen molar-refractivity contribution in [2.75, 3.05) is 5.32 Å². The summed E-state index contributed by atoms with van der Waals surface area (Å²) in [5, 5.41) is 3.17. The van der Waals surface area contributed by atoms with Crippen LogP contribution < -0.4 is 5.32 Å². The molecule has 4 heteroatoms. The first-order valence-electron chi connectivity index (χ1n) is 3.05. The van der Waals surface area contributed by atoms with Gasteiger partial charge < -0.3 is 5.32 Å². The third kappa shape index (κ3) is 1.88. The Morgan fingerprint density at radius 3 is 2.82 bits per heavy atom. The van der Waals surface area contributed by atoms with Gasteiger partial charge in [0.1, 0.15) is 0 Å². The molecule has 1 N–H and O–H groups in total. The van der Waals surface area contributed by atoms with E-state index in [0.717, 1.165) is 0 Å². The number of hydrogen-bond donors (Lipinski definition) is 1. The van der Waals surface area contributed by atoms with Gasteiger partial charge in [0, 0.05) is 0 Å². The fourth-order valence-electron chi connectivity index (χ4n) is 0.663. The third-order valence-corrected chi connectivity index (χ3v) is 2.27. The van der Waals surface area contributed by atoms with E-state index in [4.69, 9.17) is 0 Å². The smallest absolute Gasteiger partial charge is 0.212 e. The Kier molecular flexibility index (Phi) is 2.38. The van der Waals surface area contributed by atoms with Gasteiger partial charge in [0.2, 0.25) is 6.41 Å². The number of nitrogens with one attached hydrogen (secondary N) is 1.